The average molecular weight is 355 g/mol. The molecule has 0 radical (unpaired) electrons. The van der Waals surface area contributed by atoms with E-state index >= 15 is 0 Å². The van der Waals surface area contributed by atoms with Crippen molar-refractivity contribution in [2.45, 2.75) is 37.6 Å². The van der Waals surface area contributed by atoms with Crippen molar-refractivity contribution in [1.82, 2.24) is 13.6 Å². The second-order valence-corrected chi connectivity index (χ2v) is 8.86. The lowest BCUT2D eigenvalue weighted by atomic mass is 9.90. The molecule has 0 aromatic carbocycles. The molecular formula is C16H25N3O4S. The molecule has 134 valence electrons. The molecule has 0 aliphatic carbocycles. The lowest BCUT2D eigenvalue weighted by molar-refractivity contribution is -0.0367. The smallest absolute Gasteiger partial charge is 0.281 e. The van der Waals surface area contributed by atoms with Crippen molar-refractivity contribution < 1.29 is 17.9 Å². The Morgan fingerprint density at radius 1 is 1.50 bits per heavy atom. The Morgan fingerprint density at radius 3 is 3.04 bits per heavy atom. The van der Waals surface area contributed by atoms with Gasteiger partial charge in [0.05, 0.1) is 24.9 Å². The zero-order valence-corrected chi connectivity index (χ0v) is 15.0. The average Bonchev–Trinajstić information content (AvgIpc) is 2.96. The highest BCUT2D eigenvalue weighted by Gasteiger charge is 2.46. The van der Waals surface area contributed by atoms with E-state index in [2.05, 4.69) is 4.98 Å². The van der Waals surface area contributed by atoms with Gasteiger partial charge in [-0.15, -0.1) is 0 Å². The highest BCUT2D eigenvalue weighted by atomic mass is 32.2. The van der Waals surface area contributed by atoms with Crippen LogP contribution in [-0.4, -0.2) is 67.5 Å². The maximum atomic E-state index is 12.4. The topological polar surface area (TPSA) is 72.0 Å². The van der Waals surface area contributed by atoms with Crippen LogP contribution in [0, 0.1) is 0 Å². The highest BCUT2D eigenvalue weighted by Crippen LogP contribution is 2.37. The second kappa shape index (κ2) is 7.05. The minimum Gasteiger partial charge on any atom is -0.371 e. The van der Waals surface area contributed by atoms with Crippen molar-refractivity contribution in [3.05, 3.63) is 30.1 Å². The van der Waals surface area contributed by atoms with Gasteiger partial charge in [-0.3, -0.25) is 4.98 Å². The summed E-state index contributed by atoms with van der Waals surface area (Å²) in [6.07, 6.45) is 5.93. The SMILES string of the molecule is CN(C)S(=O)(=O)N1CCC[C@]2(C[C@@H](OCc3cccnc3)CO2)C1. The van der Waals surface area contributed by atoms with E-state index in [9.17, 15) is 8.42 Å². The first-order valence-corrected chi connectivity index (χ1v) is 9.63. The van der Waals surface area contributed by atoms with Gasteiger partial charge in [-0.25, -0.2) is 0 Å². The number of piperidine rings is 1. The fourth-order valence-electron chi connectivity index (χ4n) is 3.38. The summed E-state index contributed by atoms with van der Waals surface area (Å²) in [5.74, 6) is 0. The Morgan fingerprint density at radius 2 is 2.33 bits per heavy atom. The zero-order valence-electron chi connectivity index (χ0n) is 14.2. The number of hydrogen-bond acceptors (Lipinski definition) is 5. The fraction of sp³-hybridized carbons (Fsp3) is 0.688. The van der Waals surface area contributed by atoms with E-state index in [4.69, 9.17) is 9.47 Å². The van der Waals surface area contributed by atoms with Crippen LogP contribution in [0.5, 0.6) is 0 Å². The van der Waals surface area contributed by atoms with Crippen LogP contribution in [-0.2, 0) is 26.3 Å². The van der Waals surface area contributed by atoms with Gasteiger partial charge in [0, 0.05) is 46.0 Å². The van der Waals surface area contributed by atoms with Crippen molar-refractivity contribution >= 4 is 10.2 Å². The number of aromatic nitrogens is 1. The van der Waals surface area contributed by atoms with E-state index in [0.29, 0.717) is 26.3 Å². The van der Waals surface area contributed by atoms with E-state index in [-0.39, 0.29) is 6.10 Å². The van der Waals surface area contributed by atoms with Gasteiger partial charge in [-0.05, 0) is 24.5 Å². The van der Waals surface area contributed by atoms with Crippen molar-refractivity contribution in [3.8, 4) is 0 Å². The molecule has 0 amide bonds. The van der Waals surface area contributed by atoms with Crippen molar-refractivity contribution in [1.29, 1.82) is 0 Å². The minimum absolute atomic E-state index is 0.00721. The molecule has 2 atom stereocenters. The molecule has 1 aromatic rings. The first kappa shape index (κ1) is 17.8. The number of nitrogens with zero attached hydrogens (tertiary/aromatic N) is 3. The van der Waals surface area contributed by atoms with Crippen LogP contribution in [0.2, 0.25) is 0 Å². The summed E-state index contributed by atoms with van der Waals surface area (Å²) in [5.41, 5.74) is 0.611. The van der Waals surface area contributed by atoms with Gasteiger partial charge in [0.15, 0.2) is 0 Å². The summed E-state index contributed by atoms with van der Waals surface area (Å²) in [6.45, 7) is 1.96. The molecule has 2 fully saturated rings. The highest BCUT2D eigenvalue weighted by molar-refractivity contribution is 7.86. The molecule has 3 rings (SSSR count). The monoisotopic (exact) mass is 355 g/mol. The molecule has 7 nitrogen and oxygen atoms in total. The van der Waals surface area contributed by atoms with Gasteiger partial charge in [0.2, 0.25) is 0 Å². The molecular weight excluding hydrogens is 330 g/mol. The molecule has 1 aromatic heterocycles. The summed E-state index contributed by atoms with van der Waals surface area (Å²) >= 11 is 0. The number of rotatable bonds is 5. The third-order valence-electron chi connectivity index (χ3n) is 4.68. The first-order chi connectivity index (χ1) is 11.4. The van der Waals surface area contributed by atoms with Crippen molar-refractivity contribution in [3.63, 3.8) is 0 Å². The number of pyridine rings is 1. The van der Waals surface area contributed by atoms with Gasteiger partial charge in [-0.1, -0.05) is 6.07 Å². The van der Waals surface area contributed by atoms with Crippen molar-refractivity contribution in [2.75, 3.05) is 33.8 Å². The predicted octanol–water partition coefficient (Wildman–Crippen LogP) is 1.03. The third kappa shape index (κ3) is 3.78. The van der Waals surface area contributed by atoms with Gasteiger partial charge >= 0.3 is 0 Å². The first-order valence-electron chi connectivity index (χ1n) is 8.23. The minimum atomic E-state index is -3.40. The number of hydrogen-bond donors (Lipinski definition) is 0. The zero-order chi connectivity index (χ0) is 17.2. The predicted molar refractivity (Wildman–Crippen MR) is 89.5 cm³/mol. The van der Waals surface area contributed by atoms with Crippen molar-refractivity contribution in [2.24, 2.45) is 0 Å². The van der Waals surface area contributed by atoms with Gasteiger partial charge in [-0.2, -0.15) is 17.0 Å². The molecule has 0 unspecified atom stereocenters. The van der Waals surface area contributed by atoms with Crippen LogP contribution < -0.4 is 0 Å². The van der Waals surface area contributed by atoms with Crippen LogP contribution in [0.15, 0.2) is 24.5 Å². The van der Waals surface area contributed by atoms with Gasteiger partial charge in [0.1, 0.15) is 0 Å². The maximum Gasteiger partial charge on any atom is 0.281 e. The summed E-state index contributed by atoms with van der Waals surface area (Å²) in [7, 11) is -0.276. The summed E-state index contributed by atoms with van der Waals surface area (Å²) in [4.78, 5) is 4.08. The molecule has 3 heterocycles. The molecule has 2 aliphatic rings. The normalized spacial score (nSPS) is 28.7. The quantitative estimate of drug-likeness (QED) is 0.789. The Hall–Kier alpha value is -1.06. The molecule has 8 heteroatoms. The summed E-state index contributed by atoms with van der Waals surface area (Å²) in [5, 5.41) is 0. The molecule has 2 aliphatic heterocycles. The lowest BCUT2D eigenvalue weighted by Gasteiger charge is -2.39. The van der Waals surface area contributed by atoms with Crippen LogP contribution >= 0.6 is 0 Å². The fourth-order valence-corrected chi connectivity index (χ4v) is 4.60. The Labute approximate surface area is 143 Å². The van der Waals surface area contributed by atoms with Crippen LogP contribution in [0.4, 0.5) is 0 Å². The molecule has 0 bridgehead atoms. The van der Waals surface area contributed by atoms with E-state index in [1.165, 1.54) is 8.61 Å². The molecule has 24 heavy (non-hydrogen) atoms. The Bertz CT molecular complexity index is 653. The summed E-state index contributed by atoms with van der Waals surface area (Å²) < 4.78 is 39.5. The Kier molecular flexibility index (Phi) is 5.22. The molecule has 1 spiro atoms. The van der Waals surface area contributed by atoms with E-state index in [1.807, 2.05) is 12.1 Å². The largest absolute Gasteiger partial charge is 0.371 e. The maximum absolute atomic E-state index is 12.4. The van der Waals surface area contributed by atoms with Gasteiger partial charge < -0.3 is 9.47 Å². The third-order valence-corrected chi connectivity index (χ3v) is 6.56. The molecule has 0 saturated carbocycles. The standard InChI is InChI=1S/C16H25N3O4S/c1-18(2)24(20,21)19-8-4-6-16(13-19)9-15(12-23-16)22-11-14-5-3-7-17-10-14/h3,5,7,10,15H,4,6,8-9,11-13H2,1-2H3/t15-,16+/m1/s1. The second-order valence-electron chi connectivity index (χ2n) is 6.72. The molecule has 0 N–H and O–H groups in total. The lowest BCUT2D eigenvalue weighted by Crippen LogP contribution is -2.52. The molecule has 2 saturated heterocycles. The van der Waals surface area contributed by atoms with E-state index in [1.54, 1.807) is 26.5 Å². The number of ether oxygens (including phenoxy) is 2. The Balaban J connectivity index is 1.59. The van der Waals surface area contributed by atoms with Crippen LogP contribution in [0.1, 0.15) is 24.8 Å². The van der Waals surface area contributed by atoms with Crippen LogP contribution in [0.25, 0.3) is 0 Å². The summed E-state index contributed by atoms with van der Waals surface area (Å²) in [6, 6.07) is 3.86. The van der Waals surface area contributed by atoms with Crippen LogP contribution in [0.3, 0.4) is 0 Å². The van der Waals surface area contributed by atoms with Gasteiger partial charge in [0.25, 0.3) is 10.2 Å². The van der Waals surface area contributed by atoms with E-state index in [0.717, 1.165) is 24.8 Å². The van der Waals surface area contributed by atoms with E-state index < -0.39 is 15.8 Å².